The molecule has 1 atom stereocenters. The van der Waals surface area contributed by atoms with Gasteiger partial charge in [0, 0.05) is 23.9 Å². The number of aromatic carboxylic acids is 1. The summed E-state index contributed by atoms with van der Waals surface area (Å²) in [6.45, 7) is 0.177. The van der Waals surface area contributed by atoms with E-state index in [-0.39, 0.29) is 30.2 Å². The Balaban J connectivity index is 1.35. The number of alkyl halides is 1. The molecule has 198 valence electrons. The number of carbonyl (C=O) groups excluding carboxylic acids is 2. The van der Waals surface area contributed by atoms with Crippen molar-refractivity contribution in [2.45, 2.75) is 25.1 Å². The van der Waals surface area contributed by atoms with Gasteiger partial charge in [0.05, 0.1) is 22.0 Å². The van der Waals surface area contributed by atoms with E-state index in [1.807, 2.05) is 6.07 Å². The minimum atomic E-state index is -2.20. The van der Waals surface area contributed by atoms with E-state index in [4.69, 9.17) is 21.4 Å². The highest BCUT2D eigenvalue weighted by Crippen LogP contribution is 2.34. The fourth-order valence-corrected chi connectivity index (χ4v) is 4.73. The van der Waals surface area contributed by atoms with Crippen LogP contribution in [0.15, 0.2) is 71.2 Å². The summed E-state index contributed by atoms with van der Waals surface area (Å²) in [6, 6.07) is 17.1. The third kappa shape index (κ3) is 6.50. The van der Waals surface area contributed by atoms with Gasteiger partial charge in [0.2, 0.25) is 5.79 Å². The zero-order chi connectivity index (χ0) is 27.3. The van der Waals surface area contributed by atoms with E-state index in [9.17, 15) is 14.4 Å². The molecule has 1 aliphatic rings. The molecule has 1 heterocycles. The number of ketones is 1. The third-order valence-corrected chi connectivity index (χ3v) is 7.13. The van der Waals surface area contributed by atoms with Gasteiger partial charge in [-0.25, -0.2) is 18.9 Å². The molecule has 0 bridgehead atoms. The highest BCUT2D eigenvalue weighted by atomic mass is 79.9. The van der Waals surface area contributed by atoms with Crippen molar-refractivity contribution in [1.82, 2.24) is 4.90 Å². The number of nitrogens with zero attached hydrogens (tertiary/aromatic N) is 1. The number of Topliss-reactive ketones (excluding diaryl/α,β-unsaturated/α-hetero) is 1. The molecule has 1 saturated heterocycles. The lowest BCUT2D eigenvalue weighted by Gasteiger charge is -2.29. The first-order valence-electron chi connectivity index (χ1n) is 11.7. The topological polar surface area (TPSA) is 108 Å². The molecular weight excluding hydrogens is 581 g/mol. The number of rotatable bonds is 9. The number of anilines is 2. The summed E-state index contributed by atoms with van der Waals surface area (Å²) in [5, 5.41) is 14.6. The second-order valence-electron chi connectivity index (χ2n) is 8.70. The highest BCUT2D eigenvalue weighted by molar-refractivity contribution is 9.10. The quantitative estimate of drug-likeness (QED) is 0.246. The number of carbonyl (C=O) groups is 3. The highest BCUT2D eigenvalue weighted by Gasteiger charge is 2.47. The van der Waals surface area contributed by atoms with Crippen LogP contribution >= 0.6 is 27.5 Å². The fraction of sp³-hybridized carbons (Fsp3) is 0.222. The maximum absolute atomic E-state index is 15.8. The van der Waals surface area contributed by atoms with Crippen molar-refractivity contribution in [3.05, 3.63) is 87.4 Å². The van der Waals surface area contributed by atoms with Crippen molar-refractivity contribution < 1.29 is 28.6 Å². The normalized spacial score (nSPS) is 17.1. The van der Waals surface area contributed by atoms with Crippen LogP contribution in [0.25, 0.3) is 0 Å². The van der Waals surface area contributed by atoms with Crippen LogP contribution in [0.3, 0.4) is 0 Å². The van der Waals surface area contributed by atoms with Crippen molar-refractivity contribution in [3.63, 3.8) is 0 Å². The van der Waals surface area contributed by atoms with Gasteiger partial charge >= 0.3 is 12.0 Å². The molecule has 1 aliphatic heterocycles. The van der Waals surface area contributed by atoms with Gasteiger partial charge in [-0.3, -0.25) is 4.79 Å². The van der Waals surface area contributed by atoms with Crippen LogP contribution < -0.4 is 15.4 Å². The molecule has 2 amide bonds. The first kappa shape index (κ1) is 27.6. The van der Waals surface area contributed by atoms with Crippen LogP contribution in [0.5, 0.6) is 5.75 Å². The molecular formula is C27H24BrClFN3O5. The van der Waals surface area contributed by atoms with Crippen LogP contribution in [-0.4, -0.2) is 46.9 Å². The average Bonchev–Trinajstić information content (AvgIpc) is 3.27. The van der Waals surface area contributed by atoms with E-state index in [2.05, 4.69) is 26.6 Å². The Morgan fingerprint density at radius 2 is 1.76 bits per heavy atom. The third-order valence-electron chi connectivity index (χ3n) is 6.12. The molecule has 3 aromatic rings. The van der Waals surface area contributed by atoms with Crippen molar-refractivity contribution in [2.24, 2.45) is 0 Å². The molecule has 3 aromatic carbocycles. The summed E-state index contributed by atoms with van der Waals surface area (Å²) >= 11 is 9.70. The number of hydrogen-bond donors (Lipinski definition) is 3. The number of ether oxygens (including phenoxy) is 1. The molecule has 0 aromatic heterocycles. The second-order valence-corrected chi connectivity index (χ2v) is 9.96. The number of urea groups is 1. The van der Waals surface area contributed by atoms with Crippen molar-refractivity contribution >= 4 is 56.7 Å². The number of likely N-dealkylation sites (tertiary alicyclic amines) is 1. The average molecular weight is 605 g/mol. The smallest absolute Gasteiger partial charge is 0.335 e. The molecule has 0 spiro atoms. The van der Waals surface area contributed by atoms with Crippen LogP contribution in [0.4, 0.5) is 20.6 Å². The number of carboxylic acids is 1. The zero-order valence-electron chi connectivity index (χ0n) is 20.0. The first-order chi connectivity index (χ1) is 18.2. The predicted octanol–water partition coefficient (Wildman–Crippen LogP) is 6.35. The lowest BCUT2D eigenvalue weighted by atomic mass is 9.99. The Hall–Kier alpha value is -3.47. The van der Waals surface area contributed by atoms with Crippen LogP contribution in [-0.2, 0) is 11.2 Å². The molecule has 38 heavy (non-hydrogen) atoms. The molecule has 11 heteroatoms. The number of nitrogens with one attached hydrogen (secondary N) is 2. The maximum Gasteiger partial charge on any atom is 0.335 e. The number of carboxylic acid groups (broad SMARTS) is 1. The Labute approximate surface area is 231 Å². The zero-order valence-corrected chi connectivity index (χ0v) is 22.4. The maximum atomic E-state index is 15.8. The molecule has 0 saturated carbocycles. The molecule has 0 radical (unpaired) electrons. The van der Waals surface area contributed by atoms with Gasteiger partial charge < -0.3 is 20.5 Å². The number of halogens is 3. The van der Waals surface area contributed by atoms with Crippen LogP contribution in [0, 0.1) is 0 Å². The summed E-state index contributed by atoms with van der Waals surface area (Å²) in [6.07, 6.45) is 0.332. The van der Waals surface area contributed by atoms with E-state index in [0.29, 0.717) is 35.7 Å². The van der Waals surface area contributed by atoms with Gasteiger partial charge in [0.25, 0.3) is 0 Å². The van der Waals surface area contributed by atoms with Gasteiger partial charge in [-0.15, -0.1) is 0 Å². The second kappa shape index (κ2) is 11.9. The number of hydrogen-bond acceptors (Lipinski definition) is 5. The summed E-state index contributed by atoms with van der Waals surface area (Å²) in [7, 11) is 0. The van der Waals surface area contributed by atoms with Crippen molar-refractivity contribution in [3.8, 4) is 5.75 Å². The Bertz CT molecular complexity index is 1360. The van der Waals surface area contributed by atoms with Crippen LogP contribution in [0.1, 0.15) is 28.8 Å². The van der Waals surface area contributed by atoms with E-state index < -0.39 is 23.6 Å². The SMILES string of the molecule is O=C(Nc1ccc(CC(=O)C2(F)CCCN2COc2ccc(C(=O)O)cc2)cc1Cl)Nc1ccccc1Br. The summed E-state index contributed by atoms with van der Waals surface area (Å²) < 4.78 is 22.2. The predicted molar refractivity (Wildman–Crippen MR) is 146 cm³/mol. The lowest BCUT2D eigenvalue weighted by Crippen LogP contribution is -2.49. The van der Waals surface area contributed by atoms with Gasteiger partial charge in [-0.05, 0) is 76.4 Å². The van der Waals surface area contributed by atoms with Crippen LogP contribution in [0.2, 0.25) is 5.02 Å². The molecule has 0 aliphatic carbocycles. The summed E-state index contributed by atoms with van der Waals surface area (Å²) in [4.78, 5) is 37.7. The number of para-hydroxylation sites is 1. The molecule has 8 nitrogen and oxygen atoms in total. The number of benzene rings is 3. The lowest BCUT2D eigenvalue weighted by molar-refractivity contribution is -0.144. The monoisotopic (exact) mass is 603 g/mol. The Morgan fingerprint density at radius 3 is 2.45 bits per heavy atom. The van der Waals surface area contributed by atoms with Gasteiger partial charge in [0.1, 0.15) is 12.5 Å². The van der Waals surface area contributed by atoms with Crippen molar-refractivity contribution in [2.75, 3.05) is 23.9 Å². The van der Waals surface area contributed by atoms with Gasteiger partial charge in [-0.1, -0.05) is 29.8 Å². The molecule has 4 rings (SSSR count). The van der Waals surface area contributed by atoms with E-state index in [1.165, 1.54) is 35.2 Å². The molecule has 1 fully saturated rings. The molecule has 3 N–H and O–H groups in total. The van der Waals surface area contributed by atoms with Gasteiger partial charge in [0.15, 0.2) is 5.78 Å². The van der Waals surface area contributed by atoms with Crippen molar-refractivity contribution in [1.29, 1.82) is 0 Å². The summed E-state index contributed by atoms with van der Waals surface area (Å²) in [5.74, 6) is -3.51. The minimum Gasteiger partial charge on any atom is -0.478 e. The van der Waals surface area contributed by atoms with Gasteiger partial charge in [-0.2, -0.15) is 0 Å². The Morgan fingerprint density at radius 1 is 1.05 bits per heavy atom. The standard InChI is InChI=1S/C27H24BrClFN3O5/c28-20-4-1-2-5-22(20)31-26(37)32-23-11-6-17(14-21(23)29)15-24(34)27(30)12-3-13-33(27)16-38-19-9-7-18(8-10-19)25(35)36/h1-2,4-11,14H,3,12-13,15-16H2,(H,35,36)(H2,31,32,37). The fourth-order valence-electron chi connectivity index (χ4n) is 4.10. The van der Waals surface area contributed by atoms with E-state index in [0.717, 1.165) is 4.47 Å². The van der Waals surface area contributed by atoms with E-state index >= 15 is 4.39 Å². The minimum absolute atomic E-state index is 0.0374. The Kier molecular flexibility index (Phi) is 8.65. The summed E-state index contributed by atoms with van der Waals surface area (Å²) in [5.41, 5.74) is 1.54. The first-order valence-corrected chi connectivity index (χ1v) is 12.9. The largest absolute Gasteiger partial charge is 0.478 e. The number of amides is 2. The molecule has 1 unspecified atom stereocenters. The van der Waals surface area contributed by atoms with E-state index in [1.54, 1.807) is 30.3 Å².